The van der Waals surface area contributed by atoms with Crippen LogP contribution in [0.3, 0.4) is 0 Å². The third kappa shape index (κ3) is 3.59. The number of rotatable bonds is 3. The molecule has 142 valence electrons. The molecule has 2 heterocycles. The second-order valence-corrected chi connectivity index (χ2v) is 6.76. The maximum atomic E-state index is 12.3. The minimum absolute atomic E-state index is 0.0248. The molecule has 28 heavy (non-hydrogen) atoms. The van der Waals surface area contributed by atoms with Crippen LogP contribution in [0, 0.1) is 0 Å². The van der Waals surface area contributed by atoms with Crippen molar-refractivity contribution in [3.05, 3.63) is 59.9 Å². The lowest BCUT2D eigenvalue weighted by Crippen LogP contribution is -2.36. The molecular formula is C21H19N3O4. The first-order valence-electron chi connectivity index (χ1n) is 9.03. The normalized spacial score (nSPS) is 14.1. The van der Waals surface area contributed by atoms with Crippen LogP contribution in [-0.2, 0) is 20.8 Å². The number of benzene rings is 2. The Labute approximate surface area is 161 Å². The summed E-state index contributed by atoms with van der Waals surface area (Å²) >= 11 is 0. The van der Waals surface area contributed by atoms with Gasteiger partial charge in [-0.1, -0.05) is 18.2 Å². The van der Waals surface area contributed by atoms with E-state index in [0.717, 1.165) is 22.2 Å². The Morgan fingerprint density at radius 3 is 2.71 bits per heavy atom. The first-order chi connectivity index (χ1) is 13.5. The fourth-order valence-corrected chi connectivity index (χ4v) is 3.20. The molecule has 1 unspecified atom stereocenters. The first kappa shape index (κ1) is 17.8. The predicted molar refractivity (Wildman–Crippen MR) is 105 cm³/mol. The van der Waals surface area contributed by atoms with Crippen molar-refractivity contribution in [2.45, 2.75) is 25.8 Å². The summed E-state index contributed by atoms with van der Waals surface area (Å²) in [6, 6.07) is 14.1. The number of furan rings is 1. The maximum absolute atomic E-state index is 12.3. The molecule has 1 aliphatic heterocycles. The predicted octanol–water partition coefficient (Wildman–Crippen LogP) is 3.13. The van der Waals surface area contributed by atoms with Crippen molar-refractivity contribution in [2.24, 2.45) is 0 Å². The van der Waals surface area contributed by atoms with Gasteiger partial charge in [0.25, 0.3) is 0 Å². The number of hydrogen-bond acceptors (Lipinski definition) is 4. The molecule has 0 radical (unpaired) electrons. The minimum Gasteiger partial charge on any atom is -0.459 e. The molecule has 7 nitrogen and oxygen atoms in total. The summed E-state index contributed by atoms with van der Waals surface area (Å²) in [6.45, 7) is 1.75. The van der Waals surface area contributed by atoms with E-state index in [1.807, 2.05) is 30.3 Å². The highest BCUT2D eigenvalue weighted by atomic mass is 16.3. The summed E-state index contributed by atoms with van der Waals surface area (Å²) < 4.78 is 5.72. The van der Waals surface area contributed by atoms with Gasteiger partial charge < -0.3 is 20.4 Å². The van der Waals surface area contributed by atoms with Gasteiger partial charge >= 0.3 is 11.8 Å². The van der Waals surface area contributed by atoms with Crippen molar-refractivity contribution in [1.82, 2.24) is 5.32 Å². The van der Waals surface area contributed by atoms with Crippen molar-refractivity contribution in [1.29, 1.82) is 0 Å². The van der Waals surface area contributed by atoms with Gasteiger partial charge in [-0.05, 0) is 49.2 Å². The smallest absolute Gasteiger partial charge is 0.313 e. The lowest BCUT2D eigenvalue weighted by molar-refractivity contribution is -0.136. The highest BCUT2D eigenvalue weighted by Crippen LogP contribution is 2.26. The fraction of sp³-hybridized carbons (Fsp3) is 0.190. The van der Waals surface area contributed by atoms with Crippen LogP contribution in [0.1, 0.15) is 30.7 Å². The fourth-order valence-electron chi connectivity index (χ4n) is 3.20. The molecule has 0 fully saturated rings. The van der Waals surface area contributed by atoms with E-state index in [2.05, 4.69) is 16.0 Å². The Kier molecular flexibility index (Phi) is 4.57. The highest BCUT2D eigenvalue weighted by molar-refractivity contribution is 6.39. The van der Waals surface area contributed by atoms with Gasteiger partial charge in [0, 0.05) is 23.2 Å². The topological polar surface area (TPSA) is 100 Å². The Balaban J connectivity index is 1.40. The molecule has 3 aromatic rings. The number of carbonyl (C=O) groups excluding carboxylic acids is 3. The molecule has 1 aromatic heterocycles. The zero-order valence-corrected chi connectivity index (χ0v) is 15.2. The molecule has 0 saturated heterocycles. The van der Waals surface area contributed by atoms with Gasteiger partial charge in [0.15, 0.2) is 0 Å². The highest BCUT2D eigenvalue weighted by Gasteiger charge is 2.21. The van der Waals surface area contributed by atoms with Crippen LogP contribution < -0.4 is 16.0 Å². The second kappa shape index (κ2) is 7.19. The molecule has 0 bridgehead atoms. The zero-order valence-electron chi connectivity index (χ0n) is 15.2. The standard InChI is InChI=1S/C21H19N3O4/c1-12(18-11-14-4-2-3-5-17(14)28-18)22-20(26)21(27)23-15-7-8-16-13(10-15)6-9-19(25)24-16/h2-5,7-8,10-12H,6,9H2,1H3,(H,22,26)(H,23,27)(H,24,25). The summed E-state index contributed by atoms with van der Waals surface area (Å²) in [5.41, 5.74) is 2.89. The van der Waals surface area contributed by atoms with Crippen molar-refractivity contribution < 1.29 is 18.8 Å². The Hall–Kier alpha value is -3.61. The van der Waals surface area contributed by atoms with Crippen molar-refractivity contribution in [3.8, 4) is 0 Å². The number of carbonyl (C=O) groups is 3. The molecular weight excluding hydrogens is 358 g/mol. The molecule has 0 saturated carbocycles. The summed E-state index contributed by atoms with van der Waals surface area (Å²) in [6.07, 6.45) is 1.00. The van der Waals surface area contributed by atoms with E-state index in [1.165, 1.54) is 0 Å². The van der Waals surface area contributed by atoms with Crippen LogP contribution in [-0.4, -0.2) is 17.7 Å². The average molecular weight is 377 g/mol. The number of para-hydroxylation sites is 1. The van der Waals surface area contributed by atoms with Gasteiger partial charge in [0.05, 0.1) is 6.04 Å². The molecule has 4 rings (SSSR count). The summed E-state index contributed by atoms with van der Waals surface area (Å²) in [4.78, 5) is 35.9. The van der Waals surface area contributed by atoms with E-state index < -0.39 is 17.9 Å². The number of fused-ring (bicyclic) bond motifs is 2. The van der Waals surface area contributed by atoms with E-state index in [0.29, 0.717) is 24.3 Å². The lowest BCUT2D eigenvalue weighted by atomic mass is 10.0. The maximum Gasteiger partial charge on any atom is 0.313 e. The van der Waals surface area contributed by atoms with Gasteiger partial charge in [-0.2, -0.15) is 0 Å². The molecule has 1 atom stereocenters. The number of amides is 3. The molecule has 2 aromatic carbocycles. The average Bonchev–Trinajstić information content (AvgIpc) is 3.12. The van der Waals surface area contributed by atoms with Crippen LogP contribution in [0.15, 0.2) is 52.9 Å². The zero-order chi connectivity index (χ0) is 19.7. The first-order valence-corrected chi connectivity index (χ1v) is 9.03. The molecule has 3 N–H and O–H groups in total. The summed E-state index contributed by atoms with van der Waals surface area (Å²) in [5, 5.41) is 8.95. The third-order valence-corrected chi connectivity index (χ3v) is 4.68. The minimum atomic E-state index is -0.761. The van der Waals surface area contributed by atoms with Crippen molar-refractivity contribution in [2.75, 3.05) is 10.6 Å². The van der Waals surface area contributed by atoms with Gasteiger partial charge in [0.1, 0.15) is 11.3 Å². The largest absolute Gasteiger partial charge is 0.459 e. The van der Waals surface area contributed by atoms with E-state index in [1.54, 1.807) is 25.1 Å². The van der Waals surface area contributed by atoms with E-state index in [9.17, 15) is 14.4 Å². The molecule has 3 amide bonds. The van der Waals surface area contributed by atoms with Crippen LogP contribution in [0.2, 0.25) is 0 Å². The van der Waals surface area contributed by atoms with Gasteiger partial charge in [-0.15, -0.1) is 0 Å². The monoisotopic (exact) mass is 377 g/mol. The Morgan fingerprint density at radius 1 is 1.07 bits per heavy atom. The number of anilines is 2. The van der Waals surface area contributed by atoms with E-state index in [4.69, 9.17) is 4.42 Å². The van der Waals surface area contributed by atoms with Crippen LogP contribution in [0.5, 0.6) is 0 Å². The number of aryl methyl sites for hydroxylation is 1. The third-order valence-electron chi connectivity index (χ3n) is 4.68. The van der Waals surface area contributed by atoms with Gasteiger partial charge in [-0.25, -0.2) is 0 Å². The van der Waals surface area contributed by atoms with E-state index >= 15 is 0 Å². The van der Waals surface area contributed by atoms with Gasteiger partial charge in [0.2, 0.25) is 5.91 Å². The number of nitrogens with one attached hydrogen (secondary N) is 3. The lowest BCUT2D eigenvalue weighted by Gasteiger charge is -2.18. The summed E-state index contributed by atoms with van der Waals surface area (Å²) in [5.74, 6) is -0.961. The van der Waals surface area contributed by atoms with Crippen molar-refractivity contribution >= 4 is 40.1 Å². The van der Waals surface area contributed by atoms with Crippen LogP contribution in [0.25, 0.3) is 11.0 Å². The summed E-state index contributed by atoms with van der Waals surface area (Å²) in [7, 11) is 0. The quantitative estimate of drug-likeness (QED) is 0.611. The van der Waals surface area contributed by atoms with E-state index in [-0.39, 0.29) is 5.91 Å². The molecule has 0 spiro atoms. The molecule has 0 aliphatic carbocycles. The van der Waals surface area contributed by atoms with Crippen LogP contribution >= 0.6 is 0 Å². The SMILES string of the molecule is CC(NC(=O)C(=O)Nc1ccc2c(c1)CCC(=O)N2)c1cc2ccccc2o1. The van der Waals surface area contributed by atoms with Gasteiger partial charge in [-0.3, -0.25) is 14.4 Å². The second-order valence-electron chi connectivity index (χ2n) is 6.76. The molecule has 7 heteroatoms. The molecule has 1 aliphatic rings. The Morgan fingerprint density at radius 2 is 1.89 bits per heavy atom. The van der Waals surface area contributed by atoms with Crippen LogP contribution in [0.4, 0.5) is 11.4 Å². The number of hydrogen-bond donors (Lipinski definition) is 3. The Bertz CT molecular complexity index is 1050. The van der Waals surface area contributed by atoms with Crippen molar-refractivity contribution in [3.63, 3.8) is 0 Å².